The fourth-order valence-corrected chi connectivity index (χ4v) is 4.42. The van der Waals surface area contributed by atoms with Gasteiger partial charge in [0.25, 0.3) is 0 Å². The van der Waals surface area contributed by atoms with Gasteiger partial charge < -0.3 is 15.2 Å². The van der Waals surface area contributed by atoms with Crippen molar-refractivity contribution in [2.45, 2.75) is 43.0 Å². The maximum atomic E-state index is 12.7. The third-order valence-corrected chi connectivity index (χ3v) is 5.73. The highest BCUT2D eigenvalue weighted by atomic mass is 32.2. The van der Waals surface area contributed by atoms with Crippen LogP contribution in [-0.4, -0.2) is 53.1 Å². The largest absolute Gasteiger partial charge is 0.477 e. The third-order valence-electron chi connectivity index (χ3n) is 3.80. The van der Waals surface area contributed by atoms with E-state index in [4.69, 9.17) is 10.2 Å². The second kappa shape index (κ2) is 6.59. The molecule has 1 aliphatic carbocycles. The highest BCUT2D eigenvalue weighted by Gasteiger charge is 2.32. The average molecular weight is 316 g/mol. The number of sulfonamides is 1. The highest BCUT2D eigenvalue weighted by Crippen LogP contribution is 2.27. The lowest BCUT2D eigenvalue weighted by Gasteiger charge is -2.32. The van der Waals surface area contributed by atoms with E-state index in [9.17, 15) is 13.2 Å². The minimum Gasteiger partial charge on any atom is -0.477 e. The van der Waals surface area contributed by atoms with Crippen molar-refractivity contribution in [1.82, 2.24) is 9.29 Å². The maximum Gasteiger partial charge on any atom is 0.352 e. The lowest BCUT2D eigenvalue weighted by molar-refractivity contribution is 0.0691. The van der Waals surface area contributed by atoms with Gasteiger partial charge in [-0.05, 0) is 18.9 Å². The molecule has 1 saturated carbocycles. The van der Waals surface area contributed by atoms with Gasteiger partial charge in [0.2, 0.25) is 10.0 Å². The number of nitrogens with zero attached hydrogens (tertiary/aromatic N) is 1. The first-order valence-electron chi connectivity index (χ1n) is 7.01. The van der Waals surface area contributed by atoms with E-state index < -0.39 is 16.0 Å². The van der Waals surface area contributed by atoms with Crippen LogP contribution in [0, 0.1) is 0 Å². The quantitative estimate of drug-likeness (QED) is 0.726. The number of carboxylic acids is 1. The molecule has 21 heavy (non-hydrogen) atoms. The van der Waals surface area contributed by atoms with Gasteiger partial charge in [0.15, 0.2) is 0 Å². The Bertz CT molecular complexity index is 589. The molecule has 0 aliphatic heterocycles. The average Bonchev–Trinajstić information content (AvgIpc) is 2.96. The predicted molar refractivity (Wildman–Crippen MR) is 75.6 cm³/mol. The van der Waals surface area contributed by atoms with Gasteiger partial charge in [0.05, 0.1) is 6.61 Å². The van der Waals surface area contributed by atoms with E-state index >= 15 is 0 Å². The number of hydrogen-bond donors (Lipinski definition) is 3. The second-order valence-electron chi connectivity index (χ2n) is 5.19. The second-order valence-corrected chi connectivity index (χ2v) is 7.08. The maximum absolute atomic E-state index is 12.7. The van der Waals surface area contributed by atoms with Crippen molar-refractivity contribution in [2.24, 2.45) is 0 Å². The zero-order chi connectivity index (χ0) is 15.5. The Morgan fingerprint density at radius 1 is 1.33 bits per heavy atom. The van der Waals surface area contributed by atoms with E-state index in [1.807, 2.05) is 0 Å². The molecule has 2 rings (SSSR count). The number of carbonyl (C=O) groups is 1. The van der Waals surface area contributed by atoms with Crippen LogP contribution < -0.4 is 0 Å². The normalized spacial score (nSPS) is 17.2. The predicted octanol–water partition coefficient (Wildman–Crippen LogP) is 1.03. The molecule has 0 amide bonds. The minimum absolute atomic E-state index is 0.0284. The summed E-state index contributed by atoms with van der Waals surface area (Å²) in [7, 11) is -3.80. The molecule has 118 valence electrons. The van der Waals surface area contributed by atoms with Crippen LogP contribution >= 0.6 is 0 Å². The molecule has 0 unspecified atom stereocenters. The molecular formula is C13H20N2O5S. The van der Waals surface area contributed by atoms with Crippen molar-refractivity contribution in [3.63, 3.8) is 0 Å². The number of aromatic amines is 1. The summed E-state index contributed by atoms with van der Waals surface area (Å²) < 4.78 is 26.6. The first-order valence-corrected chi connectivity index (χ1v) is 8.45. The van der Waals surface area contributed by atoms with Gasteiger partial charge in [-0.25, -0.2) is 13.2 Å². The Labute approximate surface area is 123 Å². The van der Waals surface area contributed by atoms with E-state index in [-0.39, 0.29) is 29.8 Å². The molecule has 3 N–H and O–H groups in total. The topological polar surface area (TPSA) is 111 Å². The first kappa shape index (κ1) is 16.0. The Kier molecular flexibility index (Phi) is 5.02. The molecule has 0 bridgehead atoms. The molecule has 1 aromatic heterocycles. The number of aliphatic hydroxyl groups excluding tert-OH is 1. The van der Waals surface area contributed by atoms with Crippen LogP contribution in [0.4, 0.5) is 0 Å². The molecular weight excluding hydrogens is 296 g/mol. The molecule has 0 radical (unpaired) electrons. The zero-order valence-corrected chi connectivity index (χ0v) is 12.5. The van der Waals surface area contributed by atoms with Crippen molar-refractivity contribution < 1.29 is 23.4 Å². The standard InChI is InChI=1S/C13H20N2O5S/c16-7-6-15(10-4-2-1-3-5-10)21(19,20)11-8-12(13(17)18)14-9-11/h8-10,14,16H,1-7H2,(H,17,18). The summed E-state index contributed by atoms with van der Waals surface area (Å²) in [6, 6.07) is 0.990. The van der Waals surface area contributed by atoms with Crippen molar-refractivity contribution in [1.29, 1.82) is 0 Å². The van der Waals surface area contributed by atoms with Gasteiger partial charge in [-0.2, -0.15) is 4.31 Å². The van der Waals surface area contributed by atoms with E-state index in [2.05, 4.69) is 4.98 Å². The van der Waals surface area contributed by atoms with Gasteiger partial charge in [0.1, 0.15) is 10.6 Å². The van der Waals surface area contributed by atoms with Crippen LogP contribution in [0.3, 0.4) is 0 Å². The number of aromatic carboxylic acids is 1. The fraction of sp³-hybridized carbons (Fsp3) is 0.615. The molecule has 0 aromatic carbocycles. The number of hydrogen-bond acceptors (Lipinski definition) is 4. The summed E-state index contributed by atoms with van der Waals surface area (Å²) in [4.78, 5) is 13.2. The SMILES string of the molecule is O=C(O)c1cc(S(=O)(=O)N(CCO)C2CCCCC2)c[nH]1. The summed E-state index contributed by atoms with van der Waals surface area (Å²) in [5, 5.41) is 18.0. The van der Waals surface area contributed by atoms with Gasteiger partial charge in [-0.1, -0.05) is 19.3 Å². The molecule has 0 saturated heterocycles. The number of H-pyrrole nitrogens is 1. The molecule has 0 atom stereocenters. The summed E-state index contributed by atoms with van der Waals surface area (Å²) in [5.74, 6) is -1.21. The number of carboxylic acid groups (broad SMARTS) is 1. The summed E-state index contributed by atoms with van der Waals surface area (Å²) in [6.45, 7) is -0.230. The van der Waals surface area contributed by atoms with Crippen LogP contribution in [0.1, 0.15) is 42.6 Å². The highest BCUT2D eigenvalue weighted by molar-refractivity contribution is 7.89. The minimum atomic E-state index is -3.80. The first-order chi connectivity index (χ1) is 9.96. The van der Waals surface area contributed by atoms with Gasteiger partial charge in [-0.3, -0.25) is 0 Å². The van der Waals surface area contributed by atoms with Crippen LogP contribution in [0.15, 0.2) is 17.2 Å². The molecule has 1 aromatic rings. The molecule has 7 nitrogen and oxygen atoms in total. The Morgan fingerprint density at radius 2 is 2.00 bits per heavy atom. The van der Waals surface area contributed by atoms with Crippen molar-refractivity contribution >= 4 is 16.0 Å². The smallest absolute Gasteiger partial charge is 0.352 e. The number of nitrogens with one attached hydrogen (secondary N) is 1. The molecule has 1 aliphatic rings. The Balaban J connectivity index is 2.29. The fourth-order valence-electron chi connectivity index (χ4n) is 2.75. The number of aromatic nitrogens is 1. The van der Waals surface area contributed by atoms with E-state index in [1.54, 1.807) is 0 Å². The van der Waals surface area contributed by atoms with E-state index in [0.717, 1.165) is 38.2 Å². The molecule has 1 fully saturated rings. The third kappa shape index (κ3) is 3.45. The number of rotatable bonds is 6. The van der Waals surface area contributed by atoms with Crippen molar-refractivity contribution in [3.8, 4) is 0 Å². The number of aliphatic hydroxyl groups is 1. The summed E-state index contributed by atoms with van der Waals surface area (Å²) >= 11 is 0. The van der Waals surface area contributed by atoms with Crippen molar-refractivity contribution in [2.75, 3.05) is 13.2 Å². The summed E-state index contributed by atoms with van der Waals surface area (Å²) in [6.07, 6.45) is 5.76. The zero-order valence-electron chi connectivity index (χ0n) is 11.7. The van der Waals surface area contributed by atoms with Crippen LogP contribution in [0.25, 0.3) is 0 Å². The van der Waals surface area contributed by atoms with Crippen molar-refractivity contribution in [3.05, 3.63) is 18.0 Å². The summed E-state index contributed by atoms with van der Waals surface area (Å²) in [5.41, 5.74) is -0.166. The molecule has 1 heterocycles. The van der Waals surface area contributed by atoms with Crippen LogP contribution in [-0.2, 0) is 10.0 Å². The lowest BCUT2D eigenvalue weighted by atomic mass is 9.95. The Morgan fingerprint density at radius 3 is 2.52 bits per heavy atom. The lowest BCUT2D eigenvalue weighted by Crippen LogP contribution is -2.42. The Hall–Kier alpha value is -1.38. The van der Waals surface area contributed by atoms with Gasteiger partial charge in [0, 0.05) is 18.8 Å². The molecule has 8 heteroatoms. The van der Waals surface area contributed by atoms with Crippen LogP contribution in [0.5, 0.6) is 0 Å². The monoisotopic (exact) mass is 316 g/mol. The van der Waals surface area contributed by atoms with E-state index in [1.165, 1.54) is 10.5 Å². The van der Waals surface area contributed by atoms with E-state index in [0.29, 0.717) is 0 Å². The molecule has 0 spiro atoms. The van der Waals surface area contributed by atoms with Gasteiger partial charge in [-0.15, -0.1) is 0 Å². The van der Waals surface area contributed by atoms with Crippen LogP contribution in [0.2, 0.25) is 0 Å². The van der Waals surface area contributed by atoms with Gasteiger partial charge >= 0.3 is 5.97 Å².